The number of aryl methyl sites for hydroxylation is 1. The van der Waals surface area contributed by atoms with Gasteiger partial charge in [0.05, 0.1) is 13.2 Å². The molecule has 2 aromatic rings. The molecule has 1 atom stereocenters. The summed E-state index contributed by atoms with van der Waals surface area (Å²) < 4.78 is 16.1. The Morgan fingerprint density at radius 3 is 2.50 bits per heavy atom. The quantitative estimate of drug-likeness (QED) is 0.705. The number of benzene rings is 2. The summed E-state index contributed by atoms with van der Waals surface area (Å²) in [6, 6.07) is 13.2. The molecule has 0 spiro atoms. The van der Waals surface area contributed by atoms with Crippen LogP contribution in [0.15, 0.2) is 42.5 Å². The van der Waals surface area contributed by atoms with E-state index in [0.717, 1.165) is 29.9 Å². The van der Waals surface area contributed by atoms with Crippen LogP contribution in [0.25, 0.3) is 0 Å². The van der Waals surface area contributed by atoms with E-state index in [0.29, 0.717) is 24.7 Å². The number of morpholine rings is 1. The lowest BCUT2D eigenvalue weighted by molar-refractivity contribution is -0.155. The second-order valence-corrected chi connectivity index (χ2v) is 7.25. The minimum Gasteiger partial charge on any atom is -0.482 e. The highest BCUT2D eigenvalue weighted by Crippen LogP contribution is 2.21. The van der Waals surface area contributed by atoms with Crippen LogP contribution in [0.1, 0.15) is 18.1 Å². The van der Waals surface area contributed by atoms with E-state index < -0.39 is 18.0 Å². The molecule has 1 aliphatic rings. The molecular weight excluding hydrogens is 384 g/mol. The molecule has 0 bridgehead atoms. The first kappa shape index (κ1) is 21.6. The molecule has 3 rings (SSSR count). The lowest BCUT2D eigenvalue weighted by Gasteiger charge is -2.28. The van der Waals surface area contributed by atoms with Crippen molar-refractivity contribution in [3.05, 3.63) is 53.6 Å². The zero-order valence-corrected chi connectivity index (χ0v) is 17.6. The standard InChI is InChI=1S/C23H28N2O5/c1-16-5-4-6-21(17(16)2)29-15-22(26)30-18(3)23(27)24-19-7-9-20(10-8-19)25-11-13-28-14-12-25/h4-10,18H,11-15H2,1-3H3,(H,24,27)/t18-/m1/s1. The summed E-state index contributed by atoms with van der Waals surface area (Å²) >= 11 is 0. The highest BCUT2D eigenvalue weighted by atomic mass is 16.6. The largest absolute Gasteiger partial charge is 0.482 e. The normalized spacial score (nSPS) is 14.7. The molecule has 1 aliphatic heterocycles. The summed E-state index contributed by atoms with van der Waals surface area (Å²) in [6.45, 7) is 8.31. The van der Waals surface area contributed by atoms with Crippen molar-refractivity contribution in [1.29, 1.82) is 0 Å². The average molecular weight is 412 g/mol. The van der Waals surface area contributed by atoms with E-state index in [1.165, 1.54) is 6.92 Å². The molecular formula is C23H28N2O5. The molecule has 1 fully saturated rings. The van der Waals surface area contributed by atoms with Crippen molar-refractivity contribution >= 4 is 23.3 Å². The van der Waals surface area contributed by atoms with Crippen LogP contribution in [0.3, 0.4) is 0 Å². The number of anilines is 2. The molecule has 7 nitrogen and oxygen atoms in total. The van der Waals surface area contributed by atoms with E-state index >= 15 is 0 Å². The van der Waals surface area contributed by atoms with Gasteiger partial charge in [0.2, 0.25) is 0 Å². The van der Waals surface area contributed by atoms with E-state index in [9.17, 15) is 9.59 Å². The molecule has 0 radical (unpaired) electrons. The second-order valence-electron chi connectivity index (χ2n) is 7.25. The van der Waals surface area contributed by atoms with Gasteiger partial charge >= 0.3 is 5.97 Å². The first-order chi connectivity index (χ1) is 14.4. The summed E-state index contributed by atoms with van der Waals surface area (Å²) in [7, 11) is 0. The minimum absolute atomic E-state index is 0.254. The van der Waals surface area contributed by atoms with Gasteiger partial charge in [0.25, 0.3) is 5.91 Å². The van der Waals surface area contributed by atoms with Gasteiger partial charge in [0, 0.05) is 24.5 Å². The monoisotopic (exact) mass is 412 g/mol. The van der Waals surface area contributed by atoms with E-state index in [1.807, 2.05) is 50.2 Å². The van der Waals surface area contributed by atoms with E-state index in [-0.39, 0.29) is 6.61 Å². The van der Waals surface area contributed by atoms with Crippen LogP contribution in [-0.4, -0.2) is 50.9 Å². The van der Waals surface area contributed by atoms with Crippen LogP contribution in [0, 0.1) is 13.8 Å². The van der Waals surface area contributed by atoms with Crippen molar-refractivity contribution < 1.29 is 23.8 Å². The fraction of sp³-hybridized carbons (Fsp3) is 0.391. The third kappa shape index (κ3) is 5.73. The van der Waals surface area contributed by atoms with Gasteiger partial charge in [0.1, 0.15) is 5.75 Å². The van der Waals surface area contributed by atoms with Crippen molar-refractivity contribution in [1.82, 2.24) is 0 Å². The van der Waals surface area contributed by atoms with Crippen LogP contribution < -0.4 is 15.0 Å². The Bertz CT molecular complexity index is 876. The Morgan fingerprint density at radius 2 is 1.80 bits per heavy atom. The Labute approximate surface area is 176 Å². The van der Waals surface area contributed by atoms with Crippen molar-refractivity contribution in [3.63, 3.8) is 0 Å². The van der Waals surface area contributed by atoms with E-state index in [2.05, 4.69) is 10.2 Å². The number of carbonyl (C=O) groups is 2. The number of amides is 1. The fourth-order valence-corrected chi connectivity index (χ4v) is 3.12. The number of nitrogens with zero attached hydrogens (tertiary/aromatic N) is 1. The molecule has 30 heavy (non-hydrogen) atoms. The SMILES string of the molecule is Cc1cccc(OCC(=O)O[C@H](C)C(=O)Nc2ccc(N3CCOCC3)cc2)c1C. The zero-order valence-electron chi connectivity index (χ0n) is 17.6. The Balaban J connectivity index is 1.46. The number of hydrogen-bond donors (Lipinski definition) is 1. The maximum Gasteiger partial charge on any atom is 0.344 e. The topological polar surface area (TPSA) is 77.1 Å². The number of ether oxygens (including phenoxy) is 3. The summed E-state index contributed by atoms with van der Waals surface area (Å²) in [5.41, 5.74) is 3.77. The first-order valence-corrected chi connectivity index (χ1v) is 10.1. The molecule has 1 amide bonds. The maximum absolute atomic E-state index is 12.4. The molecule has 1 heterocycles. The number of esters is 1. The third-order valence-corrected chi connectivity index (χ3v) is 5.09. The lowest BCUT2D eigenvalue weighted by atomic mass is 10.1. The predicted molar refractivity (Wildman–Crippen MR) is 115 cm³/mol. The van der Waals surface area contributed by atoms with Gasteiger partial charge in [-0.25, -0.2) is 4.79 Å². The van der Waals surface area contributed by atoms with Crippen LogP contribution in [0.4, 0.5) is 11.4 Å². The number of carbonyl (C=O) groups excluding carboxylic acids is 2. The molecule has 0 saturated carbocycles. The Morgan fingerprint density at radius 1 is 1.10 bits per heavy atom. The average Bonchev–Trinajstić information content (AvgIpc) is 2.76. The van der Waals surface area contributed by atoms with Crippen molar-refractivity contribution in [2.24, 2.45) is 0 Å². The van der Waals surface area contributed by atoms with Gasteiger partial charge in [-0.2, -0.15) is 0 Å². The predicted octanol–water partition coefficient (Wildman–Crippen LogP) is 3.09. The Kier molecular flexibility index (Phi) is 7.30. The molecule has 0 aromatic heterocycles. The molecule has 7 heteroatoms. The molecule has 160 valence electrons. The second kappa shape index (κ2) is 10.1. The van der Waals surface area contributed by atoms with E-state index in [1.54, 1.807) is 6.07 Å². The summed E-state index contributed by atoms with van der Waals surface area (Å²) in [4.78, 5) is 26.6. The summed E-state index contributed by atoms with van der Waals surface area (Å²) in [5.74, 6) is -0.361. The molecule has 1 N–H and O–H groups in total. The van der Waals surface area contributed by atoms with Crippen LogP contribution in [0.2, 0.25) is 0 Å². The Hall–Kier alpha value is -3.06. The highest BCUT2D eigenvalue weighted by molar-refractivity contribution is 5.95. The van der Waals surface area contributed by atoms with Gasteiger partial charge in [-0.1, -0.05) is 12.1 Å². The van der Waals surface area contributed by atoms with Crippen LogP contribution in [-0.2, 0) is 19.1 Å². The van der Waals surface area contributed by atoms with Gasteiger partial charge in [-0.15, -0.1) is 0 Å². The first-order valence-electron chi connectivity index (χ1n) is 10.1. The van der Waals surface area contributed by atoms with Gasteiger partial charge < -0.3 is 24.4 Å². The van der Waals surface area contributed by atoms with Gasteiger partial charge in [-0.3, -0.25) is 4.79 Å². The van der Waals surface area contributed by atoms with Gasteiger partial charge in [-0.05, 0) is 62.2 Å². The maximum atomic E-state index is 12.4. The van der Waals surface area contributed by atoms with Crippen LogP contribution >= 0.6 is 0 Å². The minimum atomic E-state index is -0.932. The zero-order chi connectivity index (χ0) is 21.5. The smallest absolute Gasteiger partial charge is 0.344 e. The number of hydrogen-bond acceptors (Lipinski definition) is 6. The highest BCUT2D eigenvalue weighted by Gasteiger charge is 2.19. The fourth-order valence-electron chi connectivity index (χ4n) is 3.12. The summed E-state index contributed by atoms with van der Waals surface area (Å²) in [6.07, 6.45) is -0.932. The summed E-state index contributed by atoms with van der Waals surface area (Å²) in [5, 5.41) is 2.77. The van der Waals surface area contributed by atoms with Gasteiger partial charge in [0.15, 0.2) is 12.7 Å². The number of nitrogens with one attached hydrogen (secondary N) is 1. The number of rotatable bonds is 7. The van der Waals surface area contributed by atoms with Crippen molar-refractivity contribution in [3.8, 4) is 5.75 Å². The van der Waals surface area contributed by atoms with Crippen molar-refractivity contribution in [2.45, 2.75) is 26.9 Å². The molecule has 1 saturated heterocycles. The molecule has 2 aromatic carbocycles. The van der Waals surface area contributed by atoms with Crippen molar-refractivity contribution in [2.75, 3.05) is 43.1 Å². The van der Waals surface area contributed by atoms with E-state index in [4.69, 9.17) is 14.2 Å². The van der Waals surface area contributed by atoms with Crippen LogP contribution in [0.5, 0.6) is 5.75 Å². The third-order valence-electron chi connectivity index (χ3n) is 5.09. The molecule has 0 unspecified atom stereocenters. The lowest BCUT2D eigenvalue weighted by Crippen LogP contribution is -2.36. The molecule has 0 aliphatic carbocycles.